The van der Waals surface area contributed by atoms with Crippen molar-refractivity contribution < 1.29 is 0 Å². The van der Waals surface area contributed by atoms with E-state index >= 15 is 0 Å². The third-order valence-corrected chi connectivity index (χ3v) is 3.40. The summed E-state index contributed by atoms with van der Waals surface area (Å²) in [5.41, 5.74) is 7.16. The van der Waals surface area contributed by atoms with Gasteiger partial charge in [0.2, 0.25) is 0 Å². The third kappa shape index (κ3) is 2.58. The van der Waals surface area contributed by atoms with Gasteiger partial charge in [-0.25, -0.2) is 0 Å². The molecule has 0 spiro atoms. The molecule has 1 fully saturated rings. The average Bonchev–Trinajstić information content (AvgIpc) is 2.60. The molecular formula is C13H20N2. The minimum atomic E-state index is 0.689. The van der Waals surface area contributed by atoms with Gasteiger partial charge in [-0.05, 0) is 23.9 Å². The van der Waals surface area contributed by atoms with Crippen LogP contribution in [0.25, 0.3) is 0 Å². The first kappa shape index (κ1) is 10.7. The summed E-state index contributed by atoms with van der Waals surface area (Å²) < 4.78 is 0. The molecule has 1 aliphatic rings. The zero-order chi connectivity index (χ0) is 10.7. The van der Waals surface area contributed by atoms with Gasteiger partial charge in [0.05, 0.1) is 0 Å². The van der Waals surface area contributed by atoms with Crippen LogP contribution in [-0.4, -0.2) is 24.5 Å². The minimum absolute atomic E-state index is 0.689. The van der Waals surface area contributed by atoms with Crippen molar-refractivity contribution in [2.24, 2.45) is 17.6 Å². The summed E-state index contributed by atoms with van der Waals surface area (Å²) in [7, 11) is 0. The van der Waals surface area contributed by atoms with Crippen LogP contribution in [0.4, 0.5) is 0 Å². The molecule has 2 atom stereocenters. The number of nitrogens with zero attached hydrogens (tertiary/aromatic N) is 1. The van der Waals surface area contributed by atoms with Crippen LogP contribution >= 0.6 is 0 Å². The van der Waals surface area contributed by atoms with E-state index in [1.165, 1.54) is 12.1 Å². The molecule has 0 radical (unpaired) electrons. The van der Waals surface area contributed by atoms with Gasteiger partial charge >= 0.3 is 0 Å². The van der Waals surface area contributed by atoms with Gasteiger partial charge in [0.25, 0.3) is 0 Å². The van der Waals surface area contributed by atoms with Crippen LogP contribution in [0.2, 0.25) is 0 Å². The van der Waals surface area contributed by atoms with Gasteiger partial charge in [-0.15, -0.1) is 0 Å². The molecule has 15 heavy (non-hydrogen) atoms. The second-order valence-corrected chi connectivity index (χ2v) is 4.65. The van der Waals surface area contributed by atoms with Crippen LogP contribution in [0.5, 0.6) is 0 Å². The highest BCUT2D eigenvalue weighted by Crippen LogP contribution is 2.23. The summed E-state index contributed by atoms with van der Waals surface area (Å²) in [5, 5.41) is 0. The van der Waals surface area contributed by atoms with Crippen LogP contribution in [0.3, 0.4) is 0 Å². The largest absolute Gasteiger partial charge is 0.330 e. The molecule has 1 aromatic rings. The monoisotopic (exact) mass is 204 g/mol. The number of rotatable bonds is 3. The lowest BCUT2D eigenvalue weighted by molar-refractivity contribution is 0.315. The number of likely N-dealkylation sites (tertiary alicyclic amines) is 1. The standard InChI is InChI=1S/C13H20N2/c1-11-8-15(10-13(11)7-14)9-12-5-3-2-4-6-12/h2-6,11,13H,7-10,14H2,1H3/t11-,13-/m1/s1. The highest BCUT2D eigenvalue weighted by atomic mass is 15.2. The Morgan fingerprint density at radius 1 is 1.27 bits per heavy atom. The lowest BCUT2D eigenvalue weighted by Gasteiger charge is -2.15. The average molecular weight is 204 g/mol. The molecule has 0 unspecified atom stereocenters. The predicted molar refractivity (Wildman–Crippen MR) is 63.4 cm³/mol. The molecule has 0 aromatic heterocycles. The smallest absolute Gasteiger partial charge is 0.0233 e. The van der Waals surface area contributed by atoms with Crippen molar-refractivity contribution in [2.45, 2.75) is 13.5 Å². The van der Waals surface area contributed by atoms with Crippen molar-refractivity contribution in [2.75, 3.05) is 19.6 Å². The van der Waals surface area contributed by atoms with Crippen molar-refractivity contribution in [3.8, 4) is 0 Å². The topological polar surface area (TPSA) is 29.3 Å². The Morgan fingerprint density at radius 3 is 2.60 bits per heavy atom. The summed E-state index contributed by atoms with van der Waals surface area (Å²) in [6.45, 7) is 6.56. The predicted octanol–water partition coefficient (Wildman–Crippen LogP) is 1.71. The van der Waals surface area contributed by atoms with Crippen molar-refractivity contribution in [3.05, 3.63) is 35.9 Å². The fourth-order valence-corrected chi connectivity index (χ4v) is 2.42. The van der Waals surface area contributed by atoms with Gasteiger partial charge in [0, 0.05) is 19.6 Å². The first-order valence-corrected chi connectivity index (χ1v) is 5.76. The molecule has 0 bridgehead atoms. The van der Waals surface area contributed by atoms with Gasteiger partial charge in [-0.1, -0.05) is 37.3 Å². The number of hydrogen-bond acceptors (Lipinski definition) is 2. The molecule has 2 N–H and O–H groups in total. The van der Waals surface area contributed by atoms with Crippen molar-refractivity contribution in [1.29, 1.82) is 0 Å². The van der Waals surface area contributed by atoms with Crippen LogP contribution in [0, 0.1) is 11.8 Å². The van der Waals surface area contributed by atoms with Crippen molar-refractivity contribution in [3.63, 3.8) is 0 Å². The molecule has 1 aromatic carbocycles. The Morgan fingerprint density at radius 2 is 2.00 bits per heavy atom. The molecule has 1 saturated heterocycles. The van der Waals surface area contributed by atoms with Crippen molar-refractivity contribution in [1.82, 2.24) is 4.90 Å². The summed E-state index contributed by atoms with van der Waals surface area (Å²) >= 11 is 0. The fourth-order valence-electron chi connectivity index (χ4n) is 2.42. The van der Waals surface area contributed by atoms with Gasteiger partial charge in [0.1, 0.15) is 0 Å². The van der Waals surface area contributed by atoms with E-state index in [1.807, 2.05) is 0 Å². The number of nitrogens with two attached hydrogens (primary N) is 1. The van der Waals surface area contributed by atoms with E-state index in [0.717, 1.165) is 25.6 Å². The van der Waals surface area contributed by atoms with E-state index in [9.17, 15) is 0 Å². The normalized spacial score (nSPS) is 27.1. The zero-order valence-electron chi connectivity index (χ0n) is 9.39. The van der Waals surface area contributed by atoms with Gasteiger partial charge in [-0.2, -0.15) is 0 Å². The van der Waals surface area contributed by atoms with E-state index in [0.29, 0.717) is 5.92 Å². The highest BCUT2D eigenvalue weighted by Gasteiger charge is 2.27. The molecule has 1 heterocycles. The molecule has 2 heteroatoms. The van der Waals surface area contributed by atoms with Crippen molar-refractivity contribution >= 4 is 0 Å². The third-order valence-electron chi connectivity index (χ3n) is 3.40. The Labute approximate surface area is 92.1 Å². The molecule has 0 saturated carbocycles. The molecule has 0 amide bonds. The van der Waals surface area contributed by atoms with Crippen LogP contribution in [0.1, 0.15) is 12.5 Å². The van der Waals surface area contributed by atoms with Gasteiger partial charge in [-0.3, -0.25) is 4.90 Å². The lowest BCUT2D eigenvalue weighted by atomic mass is 9.99. The molecule has 1 aliphatic heterocycles. The fraction of sp³-hybridized carbons (Fsp3) is 0.538. The first-order chi connectivity index (χ1) is 7.29. The molecular weight excluding hydrogens is 184 g/mol. The van der Waals surface area contributed by atoms with E-state index in [1.54, 1.807) is 0 Å². The maximum atomic E-state index is 5.75. The van der Waals surface area contributed by atoms with Gasteiger partial charge < -0.3 is 5.73 Å². The van der Waals surface area contributed by atoms with Crippen LogP contribution in [-0.2, 0) is 6.54 Å². The van der Waals surface area contributed by atoms with Gasteiger partial charge in [0.15, 0.2) is 0 Å². The quantitative estimate of drug-likeness (QED) is 0.812. The van der Waals surface area contributed by atoms with E-state index in [4.69, 9.17) is 5.73 Å². The molecule has 2 nitrogen and oxygen atoms in total. The highest BCUT2D eigenvalue weighted by molar-refractivity contribution is 5.14. The maximum Gasteiger partial charge on any atom is 0.0233 e. The number of hydrogen-bond donors (Lipinski definition) is 1. The second-order valence-electron chi connectivity index (χ2n) is 4.65. The zero-order valence-corrected chi connectivity index (χ0v) is 9.39. The summed E-state index contributed by atoms with van der Waals surface area (Å²) in [4.78, 5) is 2.51. The Bertz CT molecular complexity index is 297. The molecule has 82 valence electrons. The molecule has 2 rings (SSSR count). The van der Waals surface area contributed by atoms with Crippen LogP contribution in [0.15, 0.2) is 30.3 Å². The SMILES string of the molecule is C[C@@H]1CN(Cc2ccccc2)C[C@H]1CN. The van der Waals surface area contributed by atoms with E-state index in [2.05, 4.69) is 42.2 Å². The Balaban J connectivity index is 1.92. The Kier molecular flexibility index (Phi) is 3.39. The van der Waals surface area contributed by atoms with E-state index in [-0.39, 0.29) is 0 Å². The summed E-state index contributed by atoms with van der Waals surface area (Å²) in [5.74, 6) is 1.44. The number of benzene rings is 1. The summed E-state index contributed by atoms with van der Waals surface area (Å²) in [6.07, 6.45) is 0. The van der Waals surface area contributed by atoms with Crippen LogP contribution < -0.4 is 5.73 Å². The minimum Gasteiger partial charge on any atom is -0.330 e. The molecule has 0 aliphatic carbocycles. The maximum absolute atomic E-state index is 5.75. The summed E-state index contributed by atoms with van der Waals surface area (Å²) in [6, 6.07) is 10.7. The lowest BCUT2D eigenvalue weighted by Crippen LogP contribution is -2.23. The Hall–Kier alpha value is -0.860. The second kappa shape index (κ2) is 4.77. The first-order valence-electron chi connectivity index (χ1n) is 5.76. The van der Waals surface area contributed by atoms with E-state index < -0.39 is 0 Å².